The van der Waals surface area contributed by atoms with Gasteiger partial charge in [-0.2, -0.15) is 0 Å². The molecule has 122 valence electrons. The third kappa shape index (κ3) is 4.79. The molecule has 0 aliphatic carbocycles. The number of phenols is 1. The molecule has 0 fully saturated rings. The highest BCUT2D eigenvalue weighted by molar-refractivity contribution is 5.83. The Kier molecular flexibility index (Phi) is 5.71. The zero-order valence-corrected chi connectivity index (χ0v) is 13.3. The monoisotopic (exact) mass is 316 g/mol. The van der Waals surface area contributed by atoms with Crippen LogP contribution in [0.5, 0.6) is 5.75 Å². The Morgan fingerprint density at radius 2 is 1.74 bits per heavy atom. The average molecular weight is 316 g/mol. The molecule has 23 heavy (non-hydrogen) atoms. The number of phenolic OH excluding ortho intramolecular Hbond substituents is 1. The summed E-state index contributed by atoms with van der Waals surface area (Å²) < 4.78 is 13.0. The summed E-state index contributed by atoms with van der Waals surface area (Å²) in [5, 5.41) is 12.2. The van der Waals surface area contributed by atoms with E-state index < -0.39 is 6.04 Å². The highest BCUT2D eigenvalue weighted by Crippen LogP contribution is 2.19. The molecule has 0 aliphatic rings. The van der Waals surface area contributed by atoms with E-state index in [1.165, 1.54) is 12.1 Å². The van der Waals surface area contributed by atoms with Crippen molar-refractivity contribution in [1.82, 2.24) is 10.2 Å². The normalized spacial score (nSPS) is 12.2. The molecule has 2 aromatic carbocycles. The van der Waals surface area contributed by atoms with Crippen molar-refractivity contribution in [3.8, 4) is 5.75 Å². The van der Waals surface area contributed by atoms with Crippen molar-refractivity contribution in [1.29, 1.82) is 0 Å². The minimum absolute atomic E-state index is 0.125. The van der Waals surface area contributed by atoms with Gasteiger partial charge < -0.3 is 10.4 Å². The van der Waals surface area contributed by atoms with Crippen LogP contribution in [0.25, 0.3) is 0 Å². The van der Waals surface area contributed by atoms with Crippen LogP contribution in [-0.2, 0) is 11.2 Å². The molecule has 0 aromatic heterocycles. The van der Waals surface area contributed by atoms with E-state index >= 15 is 0 Å². The van der Waals surface area contributed by atoms with Gasteiger partial charge in [-0.25, -0.2) is 4.39 Å². The predicted octanol–water partition coefficient (Wildman–Crippen LogP) is 2.49. The number of amides is 1. The van der Waals surface area contributed by atoms with Crippen LogP contribution in [0.2, 0.25) is 0 Å². The summed E-state index contributed by atoms with van der Waals surface area (Å²) in [4.78, 5) is 14.2. The van der Waals surface area contributed by atoms with Gasteiger partial charge in [-0.15, -0.1) is 0 Å². The minimum atomic E-state index is -0.463. The van der Waals surface area contributed by atoms with Gasteiger partial charge in [-0.3, -0.25) is 9.69 Å². The molecule has 2 N–H and O–H groups in total. The Morgan fingerprint density at radius 1 is 1.13 bits per heavy atom. The van der Waals surface area contributed by atoms with Crippen LogP contribution in [0.15, 0.2) is 48.5 Å². The predicted molar refractivity (Wildman–Crippen MR) is 87.6 cm³/mol. The Balaban J connectivity index is 1.96. The molecular formula is C18H21FN2O2. The van der Waals surface area contributed by atoms with Gasteiger partial charge in [-0.1, -0.05) is 24.3 Å². The Morgan fingerprint density at radius 3 is 2.30 bits per heavy atom. The zero-order chi connectivity index (χ0) is 16.8. The van der Waals surface area contributed by atoms with Crippen molar-refractivity contribution >= 4 is 5.91 Å². The summed E-state index contributed by atoms with van der Waals surface area (Å²) in [5.41, 5.74) is 1.78. The highest BCUT2D eigenvalue weighted by atomic mass is 19.1. The van der Waals surface area contributed by atoms with Crippen molar-refractivity contribution < 1.29 is 14.3 Å². The summed E-state index contributed by atoms with van der Waals surface area (Å²) in [7, 11) is 3.63. The molecule has 0 aliphatic heterocycles. The Bertz CT molecular complexity index is 639. The number of nitrogens with zero attached hydrogens (tertiary/aromatic N) is 1. The van der Waals surface area contributed by atoms with E-state index in [-0.39, 0.29) is 17.5 Å². The lowest BCUT2D eigenvalue weighted by Crippen LogP contribution is -2.37. The van der Waals surface area contributed by atoms with Crippen molar-refractivity contribution in [3.63, 3.8) is 0 Å². The first-order valence-corrected chi connectivity index (χ1v) is 7.45. The number of halogens is 1. The van der Waals surface area contributed by atoms with E-state index in [2.05, 4.69) is 5.32 Å². The van der Waals surface area contributed by atoms with E-state index in [0.29, 0.717) is 13.0 Å². The van der Waals surface area contributed by atoms with Crippen LogP contribution in [0.3, 0.4) is 0 Å². The quantitative estimate of drug-likeness (QED) is 0.861. The van der Waals surface area contributed by atoms with Crippen LogP contribution in [0, 0.1) is 5.82 Å². The van der Waals surface area contributed by atoms with Crippen molar-refractivity contribution in [3.05, 3.63) is 65.5 Å². The van der Waals surface area contributed by atoms with Gasteiger partial charge in [0, 0.05) is 6.54 Å². The summed E-state index contributed by atoms with van der Waals surface area (Å²) in [6.07, 6.45) is 0.676. The van der Waals surface area contributed by atoms with Gasteiger partial charge in [0.25, 0.3) is 0 Å². The van der Waals surface area contributed by atoms with Gasteiger partial charge in [0.05, 0.1) is 0 Å². The zero-order valence-electron chi connectivity index (χ0n) is 13.3. The van der Waals surface area contributed by atoms with Crippen LogP contribution < -0.4 is 5.32 Å². The number of carbonyl (C=O) groups excluding carboxylic acids is 1. The first kappa shape index (κ1) is 17.0. The minimum Gasteiger partial charge on any atom is -0.508 e. The molecular weight excluding hydrogens is 295 g/mol. The third-order valence-corrected chi connectivity index (χ3v) is 3.60. The van der Waals surface area contributed by atoms with Gasteiger partial charge in [-0.05, 0) is 55.9 Å². The van der Waals surface area contributed by atoms with E-state index in [4.69, 9.17) is 0 Å². The lowest BCUT2D eigenvalue weighted by molar-refractivity contribution is -0.125. The fraction of sp³-hybridized carbons (Fsp3) is 0.278. The summed E-state index contributed by atoms with van der Waals surface area (Å²) >= 11 is 0. The second-order valence-electron chi connectivity index (χ2n) is 5.63. The molecule has 1 atom stereocenters. The standard InChI is InChI=1S/C18H21FN2O2/c1-21(2)17(14-5-7-15(19)8-6-14)18(23)20-12-11-13-3-9-16(22)10-4-13/h3-10,17,22H,11-12H2,1-2H3,(H,20,23)/t17-/m0/s1. The third-order valence-electron chi connectivity index (χ3n) is 3.60. The molecule has 5 heteroatoms. The Hall–Kier alpha value is -2.40. The number of hydrogen-bond donors (Lipinski definition) is 2. The van der Waals surface area contributed by atoms with Gasteiger partial charge in [0.1, 0.15) is 17.6 Å². The lowest BCUT2D eigenvalue weighted by Gasteiger charge is -2.23. The van der Waals surface area contributed by atoms with Crippen molar-refractivity contribution in [2.24, 2.45) is 0 Å². The number of nitrogens with one attached hydrogen (secondary N) is 1. The van der Waals surface area contributed by atoms with Crippen LogP contribution in [0.1, 0.15) is 17.2 Å². The maximum atomic E-state index is 13.0. The first-order chi connectivity index (χ1) is 11.0. The average Bonchev–Trinajstić information content (AvgIpc) is 2.51. The van der Waals surface area contributed by atoms with Crippen LogP contribution >= 0.6 is 0 Å². The van der Waals surface area contributed by atoms with Crippen LogP contribution in [-0.4, -0.2) is 36.6 Å². The van der Waals surface area contributed by atoms with E-state index in [9.17, 15) is 14.3 Å². The second-order valence-corrected chi connectivity index (χ2v) is 5.63. The number of likely N-dealkylation sites (N-methyl/N-ethyl adjacent to an activating group) is 1. The van der Waals surface area contributed by atoms with E-state index in [0.717, 1.165) is 11.1 Å². The summed E-state index contributed by atoms with van der Waals surface area (Å²) in [5.74, 6) is -0.221. The maximum absolute atomic E-state index is 13.0. The molecule has 1 amide bonds. The largest absolute Gasteiger partial charge is 0.508 e. The SMILES string of the molecule is CN(C)[C@H](C(=O)NCCc1ccc(O)cc1)c1ccc(F)cc1. The number of benzene rings is 2. The Labute approximate surface area is 135 Å². The molecule has 2 aromatic rings. The second kappa shape index (κ2) is 7.74. The fourth-order valence-corrected chi connectivity index (χ4v) is 2.42. The first-order valence-electron chi connectivity index (χ1n) is 7.45. The van der Waals surface area contributed by atoms with Crippen molar-refractivity contribution in [2.75, 3.05) is 20.6 Å². The molecule has 0 saturated carbocycles. The molecule has 0 saturated heterocycles. The summed E-state index contributed by atoms with van der Waals surface area (Å²) in [6, 6.07) is 12.4. The topological polar surface area (TPSA) is 52.6 Å². The van der Waals surface area contributed by atoms with Gasteiger partial charge >= 0.3 is 0 Å². The highest BCUT2D eigenvalue weighted by Gasteiger charge is 2.22. The van der Waals surface area contributed by atoms with Crippen molar-refractivity contribution in [2.45, 2.75) is 12.5 Å². The molecule has 0 radical (unpaired) electrons. The molecule has 0 spiro atoms. The summed E-state index contributed by atoms with van der Waals surface area (Å²) in [6.45, 7) is 0.495. The smallest absolute Gasteiger partial charge is 0.241 e. The number of hydrogen-bond acceptors (Lipinski definition) is 3. The van der Waals surface area contributed by atoms with Gasteiger partial charge in [0.2, 0.25) is 5.91 Å². The van der Waals surface area contributed by atoms with Gasteiger partial charge in [0.15, 0.2) is 0 Å². The molecule has 0 unspecified atom stereocenters. The molecule has 0 heterocycles. The number of carbonyl (C=O) groups is 1. The van der Waals surface area contributed by atoms with Crippen LogP contribution in [0.4, 0.5) is 4.39 Å². The molecule has 0 bridgehead atoms. The number of aromatic hydroxyl groups is 1. The van der Waals surface area contributed by atoms with E-state index in [1.54, 1.807) is 29.2 Å². The van der Waals surface area contributed by atoms with E-state index in [1.807, 2.05) is 26.2 Å². The fourth-order valence-electron chi connectivity index (χ4n) is 2.42. The molecule has 4 nitrogen and oxygen atoms in total. The number of rotatable bonds is 6. The lowest BCUT2D eigenvalue weighted by atomic mass is 10.0. The maximum Gasteiger partial charge on any atom is 0.241 e. The molecule has 2 rings (SSSR count).